The van der Waals surface area contributed by atoms with Crippen molar-refractivity contribution in [3.8, 4) is 5.75 Å². The Balaban J connectivity index is 2.47. The first-order valence-corrected chi connectivity index (χ1v) is 6.04. The molecule has 0 saturated heterocycles. The maximum atomic E-state index is 5.15. The van der Waals surface area contributed by atoms with Crippen molar-refractivity contribution >= 4 is 15.9 Å². The third-order valence-corrected chi connectivity index (χ3v) is 3.12. The van der Waals surface area contributed by atoms with Gasteiger partial charge < -0.3 is 10.1 Å². The molecule has 0 saturated carbocycles. The Morgan fingerprint density at radius 1 is 1.33 bits per heavy atom. The molecule has 0 spiro atoms. The van der Waals surface area contributed by atoms with E-state index in [0.717, 1.165) is 23.2 Å². The zero-order valence-electron chi connectivity index (χ0n) is 9.35. The number of methoxy groups -OCH3 is 1. The van der Waals surface area contributed by atoms with Crippen molar-refractivity contribution in [2.45, 2.75) is 19.3 Å². The molecule has 0 aliphatic carbocycles. The molecule has 0 bridgehead atoms. The van der Waals surface area contributed by atoms with E-state index in [9.17, 15) is 0 Å². The number of halogens is 1. The van der Waals surface area contributed by atoms with E-state index in [-0.39, 0.29) is 0 Å². The van der Waals surface area contributed by atoms with Crippen LogP contribution < -0.4 is 10.1 Å². The zero-order chi connectivity index (χ0) is 11.1. The summed E-state index contributed by atoms with van der Waals surface area (Å²) in [7, 11) is 3.68. The Morgan fingerprint density at radius 3 is 2.73 bits per heavy atom. The average molecular weight is 272 g/mol. The van der Waals surface area contributed by atoms with E-state index in [1.807, 2.05) is 19.2 Å². The summed E-state index contributed by atoms with van der Waals surface area (Å²) in [6.45, 7) is 1.09. The molecule has 1 aromatic rings. The maximum Gasteiger partial charge on any atom is 0.120 e. The molecule has 0 aliphatic heterocycles. The van der Waals surface area contributed by atoms with Crippen LogP contribution in [0.4, 0.5) is 0 Å². The largest absolute Gasteiger partial charge is 0.497 e. The fourth-order valence-electron chi connectivity index (χ4n) is 1.47. The molecule has 84 valence electrons. The van der Waals surface area contributed by atoms with Gasteiger partial charge in [-0.15, -0.1) is 0 Å². The fraction of sp³-hybridized carbons (Fsp3) is 0.500. The first-order chi connectivity index (χ1) is 7.27. The predicted octanol–water partition coefficient (Wildman–Crippen LogP) is 3.00. The van der Waals surface area contributed by atoms with Crippen LogP contribution in [0.2, 0.25) is 0 Å². The van der Waals surface area contributed by atoms with E-state index >= 15 is 0 Å². The van der Waals surface area contributed by atoms with E-state index in [1.165, 1.54) is 18.4 Å². The van der Waals surface area contributed by atoms with E-state index in [1.54, 1.807) is 7.11 Å². The third-order valence-electron chi connectivity index (χ3n) is 2.38. The van der Waals surface area contributed by atoms with E-state index in [2.05, 4.69) is 27.3 Å². The van der Waals surface area contributed by atoms with Crippen molar-refractivity contribution in [3.05, 3.63) is 28.2 Å². The van der Waals surface area contributed by atoms with Gasteiger partial charge in [0.1, 0.15) is 5.75 Å². The highest BCUT2D eigenvalue weighted by Crippen LogP contribution is 2.24. The van der Waals surface area contributed by atoms with Crippen LogP contribution >= 0.6 is 15.9 Å². The second kappa shape index (κ2) is 6.85. The summed E-state index contributed by atoms with van der Waals surface area (Å²) < 4.78 is 6.30. The van der Waals surface area contributed by atoms with E-state index < -0.39 is 0 Å². The molecule has 15 heavy (non-hydrogen) atoms. The summed E-state index contributed by atoms with van der Waals surface area (Å²) >= 11 is 3.56. The number of benzene rings is 1. The number of nitrogens with one attached hydrogen (secondary N) is 1. The first-order valence-electron chi connectivity index (χ1n) is 5.25. The molecule has 0 heterocycles. The highest BCUT2D eigenvalue weighted by atomic mass is 79.9. The minimum atomic E-state index is 0.904. The first kappa shape index (κ1) is 12.5. The van der Waals surface area contributed by atoms with Crippen LogP contribution in [0.25, 0.3) is 0 Å². The summed E-state index contributed by atoms with van der Waals surface area (Å²) in [6.07, 6.45) is 3.55. The molecule has 0 aliphatic rings. The fourth-order valence-corrected chi connectivity index (χ4v) is 2.03. The van der Waals surface area contributed by atoms with Crippen LogP contribution in [0.1, 0.15) is 18.4 Å². The summed E-state index contributed by atoms with van der Waals surface area (Å²) in [6, 6.07) is 6.16. The zero-order valence-corrected chi connectivity index (χ0v) is 10.9. The van der Waals surface area contributed by atoms with Crippen LogP contribution in [0.15, 0.2) is 22.7 Å². The highest BCUT2D eigenvalue weighted by molar-refractivity contribution is 9.10. The quantitative estimate of drug-likeness (QED) is 0.804. The second-order valence-electron chi connectivity index (χ2n) is 3.52. The van der Waals surface area contributed by atoms with Gasteiger partial charge in [-0.05, 0) is 50.6 Å². The Kier molecular flexibility index (Phi) is 5.73. The molecule has 2 nitrogen and oxygen atoms in total. The maximum absolute atomic E-state index is 5.15. The lowest BCUT2D eigenvalue weighted by Gasteiger charge is -2.06. The standard InChI is InChI=1S/C12H18BrNO/c1-14-8-4-3-5-10-6-7-11(15-2)9-12(10)13/h6-7,9,14H,3-5,8H2,1-2H3. The van der Waals surface area contributed by atoms with Crippen molar-refractivity contribution < 1.29 is 4.74 Å². The van der Waals surface area contributed by atoms with Gasteiger partial charge in [0.2, 0.25) is 0 Å². The van der Waals surface area contributed by atoms with Gasteiger partial charge in [0.15, 0.2) is 0 Å². The molecule has 1 aromatic carbocycles. The topological polar surface area (TPSA) is 21.3 Å². The Hall–Kier alpha value is -0.540. The van der Waals surface area contributed by atoms with Crippen LogP contribution in [0.5, 0.6) is 5.75 Å². The number of ether oxygens (including phenoxy) is 1. The number of unbranched alkanes of at least 4 members (excludes halogenated alkanes) is 1. The second-order valence-corrected chi connectivity index (χ2v) is 4.37. The SMILES string of the molecule is CNCCCCc1ccc(OC)cc1Br. The molecule has 0 radical (unpaired) electrons. The molecule has 3 heteroatoms. The molecule has 0 atom stereocenters. The minimum absolute atomic E-state index is 0.904. The Bertz CT molecular complexity index is 302. The monoisotopic (exact) mass is 271 g/mol. The van der Waals surface area contributed by atoms with Crippen molar-refractivity contribution in [2.24, 2.45) is 0 Å². The Labute approximate surface area is 100 Å². The summed E-state index contributed by atoms with van der Waals surface area (Å²) in [5.74, 6) is 0.904. The van der Waals surface area contributed by atoms with Gasteiger partial charge >= 0.3 is 0 Å². The van der Waals surface area contributed by atoms with Gasteiger partial charge in [-0.3, -0.25) is 0 Å². The van der Waals surface area contributed by atoms with Gasteiger partial charge in [-0.1, -0.05) is 22.0 Å². The van der Waals surface area contributed by atoms with Crippen LogP contribution in [0, 0.1) is 0 Å². The smallest absolute Gasteiger partial charge is 0.120 e. The molecule has 0 aromatic heterocycles. The van der Waals surface area contributed by atoms with Crippen LogP contribution in [-0.4, -0.2) is 20.7 Å². The van der Waals surface area contributed by atoms with E-state index in [4.69, 9.17) is 4.74 Å². The van der Waals surface area contributed by atoms with Gasteiger partial charge in [0.25, 0.3) is 0 Å². The normalized spacial score (nSPS) is 10.3. The van der Waals surface area contributed by atoms with Gasteiger partial charge in [-0.2, -0.15) is 0 Å². The van der Waals surface area contributed by atoms with Crippen LogP contribution in [-0.2, 0) is 6.42 Å². The molecular weight excluding hydrogens is 254 g/mol. The number of rotatable bonds is 6. The number of hydrogen-bond donors (Lipinski definition) is 1. The van der Waals surface area contributed by atoms with Crippen molar-refractivity contribution in [1.82, 2.24) is 5.32 Å². The molecular formula is C12H18BrNO. The molecule has 0 amide bonds. The molecule has 0 fully saturated rings. The summed E-state index contributed by atoms with van der Waals surface area (Å²) in [5, 5.41) is 3.16. The van der Waals surface area contributed by atoms with Crippen molar-refractivity contribution in [1.29, 1.82) is 0 Å². The van der Waals surface area contributed by atoms with Crippen molar-refractivity contribution in [3.63, 3.8) is 0 Å². The number of hydrogen-bond acceptors (Lipinski definition) is 2. The minimum Gasteiger partial charge on any atom is -0.497 e. The van der Waals surface area contributed by atoms with E-state index in [0.29, 0.717) is 0 Å². The average Bonchev–Trinajstić information content (AvgIpc) is 2.26. The number of aryl methyl sites for hydroxylation is 1. The van der Waals surface area contributed by atoms with Gasteiger partial charge in [-0.25, -0.2) is 0 Å². The molecule has 0 unspecified atom stereocenters. The van der Waals surface area contributed by atoms with Gasteiger partial charge in [0, 0.05) is 4.47 Å². The highest BCUT2D eigenvalue weighted by Gasteiger charge is 2.01. The summed E-state index contributed by atoms with van der Waals surface area (Å²) in [5.41, 5.74) is 1.35. The lowest BCUT2D eigenvalue weighted by Crippen LogP contribution is -2.07. The van der Waals surface area contributed by atoms with Crippen LogP contribution in [0.3, 0.4) is 0 Å². The Morgan fingerprint density at radius 2 is 2.13 bits per heavy atom. The third kappa shape index (κ3) is 4.22. The van der Waals surface area contributed by atoms with Gasteiger partial charge in [0.05, 0.1) is 7.11 Å². The molecule has 1 rings (SSSR count). The summed E-state index contributed by atoms with van der Waals surface area (Å²) in [4.78, 5) is 0. The lowest BCUT2D eigenvalue weighted by molar-refractivity contribution is 0.414. The lowest BCUT2D eigenvalue weighted by atomic mass is 10.1. The molecule has 1 N–H and O–H groups in total. The van der Waals surface area contributed by atoms with Crippen molar-refractivity contribution in [2.75, 3.05) is 20.7 Å². The predicted molar refractivity (Wildman–Crippen MR) is 67.6 cm³/mol.